The summed E-state index contributed by atoms with van der Waals surface area (Å²) in [4.78, 5) is 38.5. The normalized spacial score (nSPS) is 11.9. The summed E-state index contributed by atoms with van der Waals surface area (Å²) in [6.07, 6.45) is 85.9. The van der Waals surface area contributed by atoms with Crippen LogP contribution in [-0.4, -0.2) is 37.2 Å². The van der Waals surface area contributed by atoms with Gasteiger partial charge < -0.3 is 14.2 Å². The summed E-state index contributed by atoms with van der Waals surface area (Å²) in [7, 11) is 0. The third kappa shape index (κ3) is 69.2. The molecule has 0 aliphatic carbocycles. The Bertz CT molecular complexity index is 1240. The standard InChI is InChI=1S/C76H148O6/c1-4-7-10-13-16-19-22-25-28-30-32-33-34-35-36-37-38-39-40-41-42-43-45-46-48-51-54-57-60-63-66-69-75(78)81-72-73(71-80-74(77)68-65-62-59-56-53-50-27-24-21-18-15-12-9-6-3)82-76(79)70-67-64-61-58-55-52-49-47-44-31-29-26-23-20-17-14-11-8-5-2/h73H,4-72H2,1-3H3. The lowest BCUT2D eigenvalue weighted by Gasteiger charge is -2.18. The van der Waals surface area contributed by atoms with Gasteiger partial charge in [-0.3, -0.25) is 14.4 Å². The summed E-state index contributed by atoms with van der Waals surface area (Å²) >= 11 is 0. The lowest BCUT2D eigenvalue weighted by Crippen LogP contribution is -2.30. The second-order valence-corrected chi connectivity index (χ2v) is 26.3. The second-order valence-electron chi connectivity index (χ2n) is 26.3. The van der Waals surface area contributed by atoms with Gasteiger partial charge in [-0.2, -0.15) is 0 Å². The van der Waals surface area contributed by atoms with Crippen LogP contribution in [0.15, 0.2) is 0 Å². The van der Waals surface area contributed by atoms with Gasteiger partial charge in [0.05, 0.1) is 0 Å². The van der Waals surface area contributed by atoms with Crippen LogP contribution < -0.4 is 0 Å². The van der Waals surface area contributed by atoms with Crippen molar-refractivity contribution in [2.24, 2.45) is 0 Å². The van der Waals surface area contributed by atoms with E-state index in [9.17, 15) is 14.4 Å². The smallest absolute Gasteiger partial charge is 0.306 e. The number of ether oxygens (including phenoxy) is 3. The van der Waals surface area contributed by atoms with Gasteiger partial charge in [0.25, 0.3) is 0 Å². The molecule has 0 aliphatic rings. The Hall–Kier alpha value is -1.59. The first-order valence-corrected chi connectivity index (χ1v) is 38.0. The van der Waals surface area contributed by atoms with Crippen molar-refractivity contribution >= 4 is 17.9 Å². The minimum Gasteiger partial charge on any atom is -0.462 e. The zero-order chi connectivity index (χ0) is 59.2. The minimum absolute atomic E-state index is 0.0600. The second kappa shape index (κ2) is 71.9. The predicted octanol–water partition coefficient (Wildman–Crippen LogP) is 26.2. The van der Waals surface area contributed by atoms with Crippen LogP contribution in [0.1, 0.15) is 451 Å². The van der Waals surface area contributed by atoms with Crippen molar-refractivity contribution in [3.05, 3.63) is 0 Å². The van der Waals surface area contributed by atoms with Gasteiger partial charge in [0, 0.05) is 19.3 Å². The van der Waals surface area contributed by atoms with E-state index in [2.05, 4.69) is 20.8 Å². The van der Waals surface area contributed by atoms with Gasteiger partial charge in [0.15, 0.2) is 6.10 Å². The van der Waals surface area contributed by atoms with E-state index in [-0.39, 0.29) is 31.1 Å². The molecule has 1 unspecified atom stereocenters. The van der Waals surface area contributed by atoms with E-state index in [1.54, 1.807) is 0 Å². The molecule has 0 amide bonds. The van der Waals surface area contributed by atoms with Crippen molar-refractivity contribution in [1.29, 1.82) is 0 Å². The van der Waals surface area contributed by atoms with Crippen molar-refractivity contribution in [3.8, 4) is 0 Å². The van der Waals surface area contributed by atoms with E-state index in [1.807, 2.05) is 0 Å². The molecule has 0 heterocycles. The molecule has 0 bridgehead atoms. The van der Waals surface area contributed by atoms with E-state index in [4.69, 9.17) is 14.2 Å². The van der Waals surface area contributed by atoms with Crippen LogP contribution in [0.2, 0.25) is 0 Å². The van der Waals surface area contributed by atoms with Gasteiger partial charge in [0.1, 0.15) is 13.2 Å². The Morgan fingerprint density at radius 3 is 0.488 bits per heavy atom. The average Bonchev–Trinajstić information content (AvgIpc) is 3.47. The minimum atomic E-state index is -0.764. The molecule has 82 heavy (non-hydrogen) atoms. The Morgan fingerprint density at radius 1 is 0.195 bits per heavy atom. The van der Waals surface area contributed by atoms with Crippen LogP contribution in [0.4, 0.5) is 0 Å². The third-order valence-corrected chi connectivity index (χ3v) is 17.9. The fourth-order valence-electron chi connectivity index (χ4n) is 12.2. The first-order chi connectivity index (χ1) is 40.5. The largest absolute Gasteiger partial charge is 0.462 e. The number of carbonyl (C=O) groups is 3. The van der Waals surface area contributed by atoms with Crippen molar-refractivity contribution in [2.75, 3.05) is 13.2 Å². The lowest BCUT2D eigenvalue weighted by molar-refractivity contribution is -0.167. The van der Waals surface area contributed by atoms with E-state index >= 15 is 0 Å². The predicted molar refractivity (Wildman–Crippen MR) is 358 cm³/mol. The zero-order valence-electron chi connectivity index (χ0n) is 56.3. The number of carbonyl (C=O) groups excluding carboxylic acids is 3. The summed E-state index contributed by atoms with van der Waals surface area (Å²) in [5.41, 5.74) is 0. The first-order valence-electron chi connectivity index (χ1n) is 38.0. The maximum atomic E-state index is 13.0. The highest BCUT2D eigenvalue weighted by molar-refractivity contribution is 5.71. The molecule has 0 radical (unpaired) electrons. The van der Waals surface area contributed by atoms with E-state index in [1.165, 1.54) is 353 Å². The molecular weight excluding hydrogens is 1010 g/mol. The van der Waals surface area contributed by atoms with Crippen LogP contribution in [-0.2, 0) is 28.6 Å². The van der Waals surface area contributed by atoms with E-state index in [0.717, 1.165) is 57.8 Å². The Labute approximate surface area is 514 Å². The average molecular weight is 1160 g/mol. The fraction of sp³-hybridized carbons (Fsp3) is 0.961. The molecule has 6 heteroatoms. The molecule has 0 fully saturated rings. The molecule has 0 N–H and O–H groups in total. The van der Waals surface area contributed by atoms with Crippen LogP contribution >= 0.6 is 0 Å². The van der Waals surface area contributed by atoms with Gasteiger partial charge in [-0.05, 0) is 19.3 Å². The molecule has 0 aromatic rings. The van der Waals surface area contributed by atoms with Crippen molar-refractivity contribution < 1.29 is 28.6 Å². The highest BCUT2D eigenvalue weighted by atomic mass is 16.6. The SMILES string of the molecule is CCCCCCCCCCCCCCCCCCCCCCCCCCCCCCCCCC(=O)OCC(COC(=O)CCCCCCCCCCCCCCCC)OC(=O)CCCCCCCCCCCCCCCCCCCCC. The number of esters is 3. The van der Waals surface area contributed by atoms with E-state index < -0.39 is 6.10 Å². The molecule has 0 aromatic heterocycles. The molecule has 0 aliphatic heterocycles. The molecule has 1 atom stereocenters. The summed E-state index contributed by atoms with van der Waals surface area (Å²) in [6, 6.07) is 0. The highest BCUT2D eigenvalue weighted by Gasteiger charge is 2.20. The first kappa shape index (κ1) is 80.4. The van der Waals surface area contributed by atoms with Crippen molar-refractivity contribution in [3.63, 3.8) is 0 Å². The Kier molecular flexibility index (Phi) is 70.5. The maximum Gasteiger partial charge on any atom is 0.306 e. The van der Waals surface area contributed by atoms with Crippen LogP contribution in [0.25, 0.3) is 0 Å². The zero-order valence-corrected chi connectivity index (χ0v) is 56.3. The van der Waals surface area contributed by atoms with E-state index in [0.29, 0.717) is 19.3 Å². The molecule has 0 aromatic carbocycles. The van der Waals surface area contributed by atoms with Crippen molar-refractivity contribution in [1.82, 2.24) is 0 Å². The monoisotopic (exact) mass is 1160 g/mol. The number of rotatable bonds is 72. The molecule has 0 rings (SSSR count). The highest BCUT2D eigenvalue weighted by Crippen LogP contribution is 2.20. The molecule has 6 nitrogen and oxygen atoms in total. The van der Waals surface area contributed by atoms with Gasteiger partial charge in [0.2, 0.25) is 0 Å². The van der Waals surface area contributed by atoms with Crippen LogP contribution in [0, 0.1) is 0 Å². The fourth-order valence-corrected chi connectivity index (χ4v) is 12.2. The van der Waals surface area contributed by atoms with Gasteiger partial charge in [-0.25, -0.2) is 0 Å². The lowest BCUT2D eigenvalue weighted by atomic mass is 10.0. The molecule has 0 saturated heterocycles. The molecule has 0 saturated carbocycles. The van der Waals surface area contributed by atoms with Gasteiger partial charge in [-0.15, -0.1) is 0 Å². The Morgan fingerprint density at radius 2 is 0.329 bits per heavy atom. The summed E-state index contributed by atoms with van der Waals surface area (Å²) < 4.78 is 17.0. The Balaban J connectivity index is 4.11. The third-order valence-electron chi connectivity index (χ3n) is 17.9. The summed E-state index contributed by atoms with van der Waals surface area (Å²) in [6.45, 7) is 6.75. The van der Waals surface area contributed by atoms with Crippen LogP contribution in [0.5, 0.6) is 0 Å². The quantitative estimate of drug-likeness (QED) is 0.0343. The summed E-state index contributed by atoms with van der Waals surface area (Å²) in [5.74, 6) is -0.817. The molecular formula is C76H148O6. The maximum absolute atomic E-state index is 13.0. The summed E-state index contributed by atoms with van der Waals surface area (Å²) in [5, 5.41) is 0. The van der Waals surface area contributed by atoms with Gasteiger partial charge in [-0.1, -0.05) is 412 Å². The topological polar surface area (TPSA) is 78.9 Å². The van der Waals surface area contributed by atoms with Crippen molar-refractivity contribution in [2.45, 2.75) is 457 Å². The molecule has 0 spiro atoms. The van der Waals surface area contributed by atoms with Crippen LogP contribution in [0.3, 0.4) is 0 Å². The van der Waals surface area contributed by atoms with Gasteiger partial charge >= 0.3 is 17.9 Å². The number of unbranched alkanes of at least 4 members (excludes halogenated alkanes) is 61. The number of hydrogen-bond donors (Lipinski definition) is 0. The number of hydrogen-bond acceptors (Lipinski definition) is 6. The molecule has 488 valence electrons.